The molecule has 0 aliphatic rings. The van der Waals surface area contributed by atoms with Crippen LogP contribution in [0.25, 0.3) is 0 Å². The van der Waals surface area contributed by atoms with Crippen molar-refractivity contribution in [3.8, 4) is 11.5 Å². The van der Waals surface area contributed by atoms with Crippen LogP contribution < -0.4 is 4.74 Å². The van der Waals surface area contributed by atoms with Crippen molar-refractivity contribution in [3.05, 3.63) is 99.6 Å². The Morgan fingerprint density at radius 2 is 1.65 bits per heavy atom. The number of hydrogen-bond acceptors (Lipinski definition) is 7. The number of non-ortho nitro benzene ring substituents is 1. The van der Waals surface area contributed by atoms with Gasteiger partial charge in [0.25, 0.3) is 5.69 Å². The Labute approximate surface area is 178 Å². The van der Waals surface area contributed by atoms with E-state index in [4.69, 9.17) is 4.74 Å². The molecule has 0 aliphatic carbocycles. The zero-order valence-electron chi connectivity index (χ0n) is 16.6. The maximum atomic E-state index is 13.1. The Morgan fingerprint density at radius 3 is 2.13 bits per heavy atom. The molecule has 3 aromatic carbocycles. The number of aliphatic hydroxyl groups is 1. The average molecular weight is 420 g/mol. The maximum absolute atomic E-state index is 13.1. The molecule has 158 valence electrons. The van der Waals surface area contributed by atoms with E-state index in [1.54, 1.807) is 60.7 Å². The van der Waals surface area contributed by atoms with Crippen LogP contribution in [0.3, 0.4) is 0 Å². The predicted octanol–water partition coefficient (Wildman–Crippen LogP) is 3.23. The number of rotatable bonds is 8. The molecule has 0 unspecified atom stereocenters. The first-order chi connectivity index (χ1) is 14.9. The molecule has 0 radical (unpaired) electrons. The van der Waals surface area contributed by atoms with E-state index in [1.807, 2.05) is 0 Å². The van der Waals surface area contributed by atoms with Crippen molar-refractivity contribution in [2.45, 2.75) is 5.60 Å². The van der Waals surface area contributed by atoms with Crippen molar-refractivity contribution in [2.75, 3.05) is 13.7 Å². The van der Waals surface area contributed by atoms with Crippen LogP contribution in [0.1, 0.15) is 16.7 Å². The highest BCUT2D eigenvalue weighted by Gasteiger charge is 2.38. The zero-order chi connectivity index (χ0) is 22.4. The van der Waals surface area contributed by atoms with E-state index < -0.39 is 22.9 Å². The second kappa shape index (κ2) is 9.19. The highest BCUT2D eigenvalue weighted by Crippen LogP contribution is 2.34. The summed E-state index contributed by atoms with van der Waals surface area (Å²) in [5, 5.41) is 32.7. The molecular formula is C23H20N2O6. The van der Waals surface area contributed by atoms with Crippen LogP contribution in [0, 0.1) is 10.1 Å². The number of phenolic OH excluding ortho intramolecular Hbond substituents is 1. The fraction of sp³-hybridized carbons (Fsp3) is 0.130. The van der Waals surface area contributed by atoms with Gasteiger partial charge in [-0.15, -0.1) is 0 Å². The third-order valence-electron chi connectivity index (χ3n) is 4.77. The van der Waals surface area contributed by atoms with E-state index in [0.29, 0.717) is 11.1 Å². The summed E-state index contributed by atoms with van der Waals surface area (Å²) in [4.78, 5) is 27.6. The van der Waals surface area contributed by atoms with Gasteiger partial charge in [-0.2, -0.15) is 0 Å². The predicted molar refractivity (Wildman–Crippen MR) is 115 cm³/mol. The number of ether oxygens (including phenoxy) is 1. The fourth-order valence-corrected chi connectivity index (χ4v) is 3.16. The molecule has 31 heavy (non-hydrogen) atoms. The maximum Gasteiger partial charge on any atom is 0.274 e. The first-order valence-electron chi connectivity index (χ1n) is 9.30. The lowest BCUT2D eigenvalue weighted by molar-refractivity contribution is -0.385. The lowest BCUT2D eigenvalue weighted by Gasteiger charge is -2.27. The molecule has 0 aliphatic heterocycles. The highest BCUT2D eigenvalue weighted by atomic mass is 16.6. The summed E-state index contributed by atoms with van der Waals surface area (Å²) in [5.41, 5.74) is -1.43. The summed E-state index contributed by atoms with van der Waals surface area (Å²) in [6.45, 7) is -0.426. The number of nitrogens with zero attached hydrogens (tertiary/aromatic N) is 2. The van der Waals surface area contributed by atoms with Crippen LogP contribution in [0.5, 0.6) is 11.5 Å². The Morgan fingerprint density at radius 1 is 1.10 bits per heavy atom. The Hall–Kier alpha value is -4.04. The van der Waals surface area contributed by atoms with Gasteiger partial charge in [0.15, 0.2) is 22.9 Å². The van der Waals surface area contributed by atoms with Crippen LogP contribution in [-0.2, 0) is 10.4 Å². The lowest BCUT2D eigenvalue weighted by Crippen LogP contribution is -2.38. The minimum absolute atomic E-state index is 0.0156. The number of Topliss-reactive ketones (excluding diaryl/α,β-unsaturated/α-hetero) is 1. The van der Waals surface area contributed by atoms with Gasteiger partial charge in [0.05, 0.1) is 18.1 Å². The van der Waals surface area contributed by atoms with Crippen LogP contribution in [0.4, 0.5) is 5.69 Å². The first kappa shape index (κ1) is 21.7. The van der Waals surface area contributed by atoms with E-state index in [1.165, 1.54) is 7.11 Å². The van der Waals surface area contributed by atoms with E-state index in [2.05, 4.69) is 4.99 Å². The molecule has 8 heteroatoms. The lowest BCUT2D eigenvalue weighted by atomic mass is 9.82. The van der Waals surface area contributed by atoms with E-state index in [9.17, 15) is 25.1 Å². The number of methoxy groups -OCH3 is 1. The molecule has 0 saturated carbocycles. The van der Waals surface area contributed by atoms with Gasteiger partial charge in [0.1, 0.15) is 6.54 Å². The minimum Gasteiger partial charge on any atom is -0.504 e. The molecule has 3 rings (SSSR count). The summed E-state index contributed by atoms with van der Waals surface area (Å²) in [7, 11) is 1.27. The third-order valence-corrected chi connectivity index (χ3v) is 4.77. The van der Waals surface area contributed by atoms with Gasteiger partial charge in [-0.25, -0.2) is 0 Å². The molecule has 0 bridgehead atoms. The summed E-state index contributed by atoms with van der Waals surface area (Å²) < 4.78 is 4.95. The van der Waals surface area contributed by atoms with Gasteiger partial charge in [0.2, 0.25) is 0 Å². The number of nitro groups is 1. The monoisotopic (exact) mass is 420 g/mol. The molecule has 3 aromatic rings. The topological polar surface area (TPSA) is 122 Å². The smallest absolute Gasteiger partial charge is 0.274 e. The number of benzene rings is 3. The van der Waals surface area contributed by atoms with Crippen molar-refractivity contribution >= 4 is 17.7 Å². The molecule has 8 nitrogen and oxygen atoms in total. The molecule has 0 heterocycles. The zero-order valence-corrected chi connectivity index (χ0v) is 16.6. The summed E-state index contributed by atoms with van der Waals surface area (Å²) >= 11 is 0. The number of carbonyl (C=O) groups excluding carboxylic acids is 1. The molecular weight excluding hydrogens is 400 g/mol. The summed E-state index contributed by atoms with van der Waals surface area (Å²) in [5.74, 6) is -1.03. The number of carbonyl (C=O) groups is 1. The molecule has 0 spiro atoms. The van der Waals surface area contributed by atoms with E-state index in [0.717, 1.165) is 18.3 Å². The van der Waals surface area contributed by atoms with Crippen molar-refractivity contribution in [2.24, 2.45) is 4.99 Å². The van der Waals surface area contributed by atoms with Gasteiger partial charge < -0.3 is 14.9 Å². The van der Waals surface area contributed by atoms with Gasteiger partial charge in [-0.3, -0.25) is 19.9 Å². The molecule has 0 aromatic heterocycles. The van der Waals surface area contributed by atoms with E-state index in [-0.39, 0.29) is 22.7 Å². The summed E-state index contributed by atoms with van der Waals surface area (Å²) in [6, 6.07) is 19.2. The van der Waals surface area contributed by atoms with Crippen LogP contribution in [0.15, 0.2) is 77.8 Å². The van der Waals surface area contributed by atoms with Gasteiger partial charge in [0, 0.05) is 17.8 Å². The van der Waals surface area contributed by atoms with Gasteiger partial charge in [-0.05, 0) is 11.1 Å². The number of phenols is 1. The van der Waals surface area contributed by atoms with E-state index >= 15 is 0 Å². The molecule has 2 N–H and O–H groups in total. The van der Waals surface area contributed by atoms with Crippen molar-refractivity contribution < 1.29 is 24.7 Å². The van der Waals surface area contributed by atoms with Crippen LogP contribution in [0.2, 0.25) is 0 Å². The Balaban J connectivity index is 1.93. The number of aliphatic imine (C=N–C) groups is 1. The quantitative estimate of drug-likeness (QED) is 0.328. The molecule has 0 amide bonds. The molecule has 0 atom stereocenters. The van der Waals surface area contributed by atoms with Crippen molar-refractivity contribution in [3.63, 3.8) is 0 Å². The van der Waals surface area contributed by atoms with Crippen molar-refractivity contribution in [1.82, 2.24) is 0 Å². The molecule has 0 fully saturated rings. The third kappa shape index (κ3) is 4.44. The summed E-state index contributed by atoms with van der Waals surface area (Å²) in [6.07, 6.45) is 1.14. The number of aromatic hydroxyl groups is 1. The van der Waals surface area contributed by atoms with Gasteiger partial charge in [-0.1, -0.05) is 60.7 Å². The fourth-order valence-electron chi connectivity index (χ4n) is 3.16. The molecule has 0 saturated heterocycles. The standard InChI is InChI=1S/C23H20N2O6/c1-31-20-13-19(25(29)30)12-16(22(20)27)14-24-15-21(26)23(28,17-8-4-2-5-9-17)18-10-6-3-7-11-18/h2-14,27-28H,15H2,1H3. The van der Waals surface area contributed by atoms with Crippen molar-refractivity contribution in [1.29, 1.82) is 0 Å². The Bertz CT molecular complexity index is 1070. The van der Waals surface area contributed by atoms with Crippen LogP contribution >= 0.6 is 0 Å². The first-order valence-corrected chi connectivity index (χ1v) is 9.30. The largest absolute Gasteiger partial charge is 0.504 e. The number of hydrogen-bond donors (Lipinski definition) is 2. The van der Waals surface area contributed by atoms with Gasteiger partial charge >= 0.3 is 0 Å². The number of nitro benzene ring substituents is 1. The van der Waals surface area contributed by atoms with Crippen LogP contribution in [-0.4, -0.2) is 40.8 Å². The average Bonchev–Trinajstić information content (AvgIpc) is 2.80. The minimum atomic E-state index is -1.93. The second-order valence-electron chi connectivity index (χ2n) is 6.68. The second-order valence-corrected chi connectivity index (χ2v) is 6.68. The number of ketones is 1. The Kier molecular flexibility index (Phi) is 6.42. The normalized spacial score (nSPS) is 11.4. The SMILES string of the molecule is COc1cc([N+](=O)[O-])cc(C=NCC(=O)C(O)(c2ccccc2)c2ccccc2)c1O. The highest BCUT2D eigenvalue weighted by molar-refractivity contribution is 5.95.